The first-order valence-electron chi connectivity index (χ1n) is 14.0. The summed E-state index contributed by atoms with van der Waals surface area (Å²) in [6.07, 6.45) is 1.01. The number of ether oxygens (including phenoxy) is 2. The lowest BCUT2D eigenvalue weighted by atomic mass is 10.1. The molecule has 3 aromatic rings. The number of carbonyl (C=O) groups is 4. The second-order valence-electron chi connectivity index (χ2n) is 10.2. The fraction of sp³-hybridized carbons (Fsp3) is 0.367. The number of esters is 1. The molecule has 0 aliphatic carbocycles. The maximum absolute atomic E-state index is 13.8. The largest absolute Gasteiger partial charge is 0.468 e. The number of hydrogen-bond donors (Lipinski definition) is 3. The molecule has 0 bridgehead atoms. The van der Waals surface area contributed by atoms with E-state index in [1.807, 2.05) is 24.3 Å². The molecule has 2 aromatic carbocycles. The summed E-state index contributed by atoms with van der Waals surface area (Å²) in [7, 11) is 2.78. The molecule has 0 spiro atoms. The predicted octanol–water partition coefficient (Wildman–Crippen LogP) is 3.54. The molecule has 12 nitrogen and oxygen atoms in total. The molecule has 14 heteroatoms. The molecule has 1 unspecified atom stereocenters. The Bertz CT molecular complexity index is 1510. The van der Waals surface area contributed by atoms with Gasteiger partial charge in [-0.05, 0) is 29.5 Å². The van der Waals surface area contributed by atoms with Gasteiger partial charge in [-0.15, -0.1) is 0 Å². The van der Waals surface area contributed by atoms with Crippen molar-refractivity contribution in [3.8, 4) is 0 Å². The van der Waals surface area contributed by atoms with Crippen LogP contribution >= 0.6 is 11.6 Å². The highest BCUT2D eigenvalue weighted by Gasteiger charge is 2.30. The summed E-state index contributed by atoms with van der Waals surface area (Å²) >= 11 is 6.01. The Labute approximate surface area is 258 Å². The SMILES string of the molecule is COC(=O)C1CN(C(=O)CC[C@@H](COC(=O)Nc2cc3ccccc3cn2)N(C)C(=O)NCc2cccc(F)c2Cl)CCN1. The van der Waals surface area contributed by atoms with Crippen LogP contribution in [0, 0.1) is 5.82 Å². The Hall–Kier alpha value is -4.49. The van der Waals surface area contributed by atoms with E-state index in [1.165, 1.54) is 31.2 Å². The fourth-order valence-corrected chi connectivity index (χ4v) is 4.92. The Kier molecular flexibility index (Phi) is 11.3. The number of anilines is 1. The van der Waals surface area contributed by atoms with E-state index in [0.717, 1.165) is 10.8 Å². The van der Waals surface area contributed by atoms with Gasteiger partial charge in [0.2, 0.25) is 5.91 Å². The molecule has 0 saturated carbocycles. The zero-order valence-electron chi connectivity index (χ0n) is 24.3. The molecule has 1 saturated heterocycles. The summed E-state index contributed by atoms with van der Waals surface area (Å²) in [5, 5.41) is 9.98. The number of methoxy groups -OCH3 is 1. The number of fused-ring (bicyclic) bond motifs is 1. The normalized spacial score (nSPS) is 15.3. The molecule has 2 atom stereocenters. The Morgan fingerprint density at radius 2 is 1.95 bits per heavy atom. The van der Waals surface area contributed by atoms with Gasteiger partial charge in [-0.2, -0.15) is 0 Å². The first-order valence-corrected chi connectivity index (χ1v) is 14.3. The van der Waals surface area contributed by atoms with Gasteiger partial charge in [0.1, 0.15) is 24.3 Å². The van der Waals surface area contributed by atoms with Crippen molar-refractivity contribution in [2.75, 3.05) is 45.7 Å². The lowest BCUT2D eigenvalue weighted by Gasteiger charge is -2.33. The van der Waals surface area contributed by atoms with Crippen molar-refractivity contribution in [2.45, 2.75) is 31.5 Å². The van der Waals surface area contributed by atoms with Crippen LogP contribution < -0.4 is 16.0 Å². The summed E-state index contributed by atoms with van der Waals surface area (Å²) in [6, 6.07) is 11.6. The molecule has 234 valence electrons. The first kappa shape index (κ1) is 32.4. The minimum Gasteiger partial charge on any atom is -0.468 e. The van der Waals surface area contributed by atoms with E-state index >= 15 is 0 Å². The van der Waals surface area contributed by atoms with Crippen molar-refractivity contribution in [3.63, 3.8) is 0 Å². The molecule has 3 N–H and O–H groups in total. The van der Waals surface area contributed by atoms with Crippen molar-refractivity contribution < 1.29 is 33.0 Å². The van der Waals surface area contributed by atoms with E-state index in [9.17, 15) is 23.6 Å². The maximum Gasteiger partial charge on any atom is 0.412 e. The lowest BCUT2D eigenvalue weighted by molar-refractivity contribution is -0.145. The number of amides is 4. The van der Waals surface area contributed by atoms with E-state index in [1.54, 1.807) is 23.2 Å². The topological polar surface area (TPSA) is 142 Å². The number of rotatable bonds is 10. The number of aromatic nitrogens is 1. The molecule has 4 amide bonds. The van der Waals surface area contributed by atoms with E-state index in [2.05, 4.69) is 20.9 Å². The maximum atomic E-state index is 13.8. The van der Waals surface area contributed by atoms with Crippen LogP contribution in [0.1, 0.15) is 18.4 Å². The van der Waals surface area contributed by atoms with Gasteiger partial charge in [0.05, 0.1) is 18.2 Å². The minimum absolute atomic E-state index is 0.0170. The molecule has 0 radical (unpaired) electrons. The van der Waals surface area contributed by atoms with Gasteiger partial charge >= 0.3 is 18.1 Å². The van der Waals surface area contributed by atoms with Gasteiger partial charge in [-0.3, -0.25) is 14.9 Å². The number of halogens is 2. The number of nitrogens with one attached hydrogen (secondary N) is 3. The summed E-state index contributed by atoms with van der Waals surface area (Å²) in [6.45, 7) is 0.698. The summed E-state index contributed by atoms with van der Waals surface area (Å²) < 4.78 is 24.1. The highest BCUT2D eigenvalue weighted by Crippen LogP contribution is 2.20. The van der Waals surface area contributed by atoms with Gasteiger partial charge in [-0.1, -0.05) is 48.0 Å². The van der Waals surface area contributed by atoms with Crippen LogP contribution in [0.2, 0.25) is 5.02 Å². The number of carbonyl (C=O) groups excluding carboxylic acids is 4. The van der Waals surface area contributed by atoms with E-state index in [-0.39, 0.29) is 49.3 Å². The third-order valence-corrected chi connectivity index (χ3v) is 7.73. The third kappa shape index (κ3) is 8.54. The zero-order valence-corrected chi connectivity index (χ0v) is 25.1. The smallest absolute Gasteiger partial charge is 0.412 e. The second-order valence-corrected chi connectivity index (χ2v) is 10.6. The average Bonchev–Trinajstić information content (AvgIpc) is 3.04. The predicted molar refractivity (Wildman–Crippen MR) is 162 cm³/mol. The molecular weight excluding hydrogens is 595 g/mol. The van der Waals surface area contributed by atoms with Gasteiger partial charge in [0, 0.05) is 51.2 Å². The van der Waals surface area contributed by atoms with Crippen LogP contribution in [-0.4, -0.2) is 91.3 Å². The van der Waals surface area contributed by atoms with Crippen LogP contribution in [0.15, 0.2) is 54.7 Å². The van der Waals surface area contributed by atoms with Crippen LogP contribution in [-0.2, 0) is 25.6 Å². The fourth-order valence-electron chi connectivity index (χ4n) is 4.72. The van der Waals surface area contributed by atoms with Crippen molar-refractivity contribution >= 4 is 52.2 Å². The summed E-state index contributed by atoms with van der Waals surface area (Å²) in [4.78, 5) is 57.9. The van der Waals surface area contributed by atoms with Crippen LogP contribution in [0.5, 0.6) is 0 Å². The number of urea groups is 1. The number of likely N-dealkylation sites (N-methyl/N-ethyl adjacent to an activating group) is 1. The number of piperazine rings is 1. The number of hydrogen-bond acceptors (Lipinski definition) is 8. The van der Waals surface area contributed by atoms with E-state index in [4.69, 9.17) is 21.1 Å². The van der Waals surface area contributed by atoms with Crippen LogP contribution in [0.25, 0.3) is 10.8 Å². The summed E-state index contributed by atoms with van der Waals surface area (Å²) in [5.41, 5.74) is 0.387. The molecular formula is C30H34ClFN6O6. The van der Waals surface area contributed by atoms with Crippen molar-refractivity contribution in [2.24, 2.45) is 0 Å². The molecule has 4 rings (SSSR count). The molecule has 1 aliphatic heterocycles. The molecule has 44 heavy (non-hydrogen) atoms. The van der Waals surface area contributed by atoms with Gasteiger partial charge in [0.25, 0.3) is 0 Å². The van der Waals surface area contributed by atoms with Crippen LogP contribution in [0.3, 0.4) is 0 Å². The highest BCUT2D eigenvalue weighted by atomic mass is 35.5. The van der Waals surface area contributed by atoms with E-state index in [0.29, 0.717) is 18.7 Å². The first-order chi connectivity index (χ1) is 21.2. The molecule has 1 fully saturated rings. The van der Waals surface area contributed by atoms with Gasteiger partial charge in [-0.25, -0.2) is 19.0 Å². The Morgan fingerprint density at radius 3 is 2.73 bits per heavy atom. The average molecular weight is 629 g/mol. The highest BCUT2D eigenvalue weighted by molar-refractivity contribution is 6.31. The van der Waals surface area contributed by atoms with Crippen molar-refractivity contribution in [1.82, 2.24) is 25.4 Å². The van der Waals surface area contributed by atoms with Crippen molar-refractivity contribution in [3.05, 3.63) is 71.1 Å². The molecule has 2 heterocycles. The van der Waals surface area contributed by atoms with Crippen LogP contribution in [0.4, 0.5) is 19.8 Å². The minimum atomic E-state index is -0.785. The third-order valence-electron chi connectivity index (χ3n) is 7.30. The van der Waals surface area contributed by atoms with Gasteiger partial charge < -0.3 is 29.9 Å². The standard InChI is InChI=1S/C30H34ClFN6O6/c1-37(29(41)35-16-21-8-5-9-23(32)27(21)31)22(10-11-26(39)38-13-12-33-24(17-38)28(40)43-2)18-44-30(42)36-25-14-19-6-3-4-7-20(19)15-34-25/h3-9,14-15,22,24,33H,10-13,16-18H2,1-2H3,(H,35,41)(H,34,36,42)/t22-,24?/m0/s1. The monoisotopic (exact) mass is 628 g/mol. The Balaban J connectivity index is 1.39. The van der Waals surface area contributed by atoms with Gasteiger partial charge in [0.15, 0.2) is 0 Å². The second kappa shape index (κ2) is 15.3. The Morgan fingerprint density at radius 1 is 1.18 bits per heavy atom. The number of pyridine rings is 1. The van der Waals surface area contributed by atoms with E-state index < -0.39 is 36.0 Å². The molecule has 1 aliphatic rings. The lowest BCUT2D eigenvalue weighted by Crippen LogP contribution is -2.56. The molecule has 1 aromatic heterocycles. The summed E-state index contributed by atoms with van der Waals surface area (Å²) in [5.74, 6) is -1.01. The van der Waals surface area contributed by atoms with Crippen molar-refractivity contribution in [1.29, 1.82) is 0 Å². The zero-order chi connectivity index (χ0) is 31.6. The number of benzene rings is 2. The quantitative estimate of drug-likeness (QED) is 0.290. The number of nitrogens with zero attached hydrogens (tertiary/aromatic N) is 3.